The number of amides is 2. The first-order chi connectivity index (χ1) is 23.8. The summed E-state index contributed by atoms with van der Waals surface area (Å²) in [5.41, 5.74) is 4.73. The first-order valence-corrected chi connectivity index (χ1v) is 16.5. The Morgan fingerprint density at radius 3 is 1.38 bits per heavy atom. The molecule has 266 valence electrons. The van der Waals surface area contributed by atoms with Crippen LogP contribution in [0.15, 0.2) is 60.9 Å². The molecule has 4 aromatic rings. The van der Waals surface area contributed by atoms with Crippen molar-refractivity contribution in [1.29, 1.82) is 0 Å². The molecule has 0 spiro atoms. The number of methoxy groups -OCH3 is 2. The number of aromatic amines is 2. The van der Waals surface area contributed by atoms with Gasteiger partial charge in [-0.2, -0.15) is 0 Å². The zero-order valence-electron chi connectivity index (χ0n) is 28.3. The molecule has 2 aromatic heterocycles. The zero-order valence-corrected chi connectivity index (χ0v) is 28.3. The number of nitrogens with zero attached hydrogens (tertiary/aromatic N) is 4. The molecular formula is C36H40F4N6O4. The Bertz CT molecular complexity index is 1680. The molecule has 0 aliphatic carbocycles. The van der Waals surface area contributed by atoms with Crippen molar-refractivity contribution in [2.24, 2.45) is 0 Å². The summed E-state index contributed by atoms with van der Waals surface area (Å²) in [5.74, 6) is -6.24. The van der Waals surface area contributed by atoms with E-state index >= 15 is 0 Å². The van der Waals surface area contributed by atoms with E-state index in [-0.39, 0.29) is 12.8 Å². The third-order valence-electron chi connectivity index (χ3n) is 9.46. The van der Waals surface area contributed by atoms with Gasteiger partial charge in [-0.15, -0.1) is 0 Å². The highest BCUT2D eigenvalue weighted by Crippen LogP contribution is 2.42. The van der Waals surface area contributed by atoms with Crippen molar-refractivity contribution in [3.05, 3.63) is 72.6 Å². The average molecular weight is 697 g/mol. The summed E-state index contributed by atoms with van der Waals surface area (Å²) in [6, 6.07) is 13.6. The molecule has 0 radical (unpaired) electrons. The second-order valence-electron chi connectivity index (χ2n) is 13.2. The smallest absolute Gasteiger partial charge is 0.267 e. The summed E-state index contributed by atoms with van der Waals surface area (Å²) in [4.78, 5) is 43.0. The van der Waals surface area contributed by atoms with E-state index in [1.54, 1.807) is 26.2 Å². The van der Waals surface area contributed by atoms with Gasteiger partial charge in [0.15, 0.2) is 0 Å². The van der Waals surface area contributed by atoms with Crippen molar-refractivity contribution in [2.75, 3.05) is 27.3 Å². The Labute approximate surface area is 287 Å². The molecule has 2 amide bonds. The highest BCUT2D eigenvalue weighted by Gasteiger charge is 2.49. The molecule has 2 N–H and O–H groups in total. The van der Waals surface area contributed by atoms with Crippen LogP contribution in [0.2, 0.25) is 0 Å². The average Bonchev–Trinajstić information content (AvgIpc) is 3.89. The number of likely N-dealkylation sites (tertiary alicyclic amines) is 2. The van der Waals surface area contributed by atoms with Crippen LogP contribution >= 0.6 is 0 Å². The Kier molecular flexibility index (Phi) is 9.86. The van der Waals surface area contributed by atoms with Gasteiger partial charge in [0.25, 0.3) is 11.8 Å². The molecule has 0 unspecified atom stereocenters. The Balaban J connectivity index is 1.13. The number of hydrogen-bond acceptors (Lipinski definition) is 6. The fraction of sp³-hybridized carbons (Fsp3) is 0.444. The molecule has 2 saturated heterocycles. The second kappa shape index (κ2) is 14.0. The standard InChI is InChI=1S/C36H40F4N6O4/c1-21(49-3)13-31(47)45-19-35(37,38)15-29(45)33-41-17-27(43-33)25-9-5-23(6-10-25)24-7-11-26(12-8-24)28-18-42-34(44-28)30-16-36(39,40)20-46(30)32(48)14-22(2)50-4/h5-12,17-18,21-22,29-30H,13-16,19-20H2,1-4H3,(H,41,43)(H,42,44)/t21-,22-,29+,30+/m1/s1. The van der Waals surface area contributed by atoms with E-state index in [0.29, 0.717) is 23.0 Å². The van der Waals surface area contributed by atoms with Gasteiger partial charge in [-0.3, -0.25) is 9.59 Å². The summed E-state index contributed by atoms with van der Waals surface area (Å²) in [5, 5.41) is 0. The van der Waals surface area contributed by atoms with Gasteiger partial charge >= 0.3 is 0 Å². The van der Waals surface area contributed by atoms with Gasteiger partial charge in [0.05, 0.1) is 74.0 Å². The molecule has 2 aliphatic heterocycles. The number of benzene rings is 2. The third kappa shape index (κ3) is 7.60. The van der Waals surface area contributed by atoms with Crippen LogP contribution in [0.3, 0.4) is 0 Å². The van der Waals surface area contributed by atoms with Crippen LogP contribution in [0, 0.1) is 0 Å². The number of alkyl halides is 4. The number of carbonyl (C=O) groups is 2. The van der Waals surface area contributed by atoms with Gasteiger partial charge < -0.3 is 29.2 Å². The van der Waals surface area contributed by atoms with Crippen molar-refractivity contribution in [2.45, 2.75) is 75.7 Å². The lowest BCUT2D eigenvalue weighted by Crippen LogP contribution is -2.35. The Morgan fingerprint density at radius 1 is 0.700 bits per heavy atom. The van der Waals surface area contributed by atoms with Crippen molar-refractivity contribution in [3.8, 4) is 33.6 Å². The summed E-state index contributed by atoms with van der Waals surface area (Å²) < 4.78 is 68.0. The van der Waals surface area contributed by atoms with Crippen LogP contribution in [-0.2, 0) is 19.1 Å². The quantitative estimate of drug-likeness (QED) is 0.167. The van der Waals surface area contributed by atoms with Gasteiger partial charge in [-0.1, -0.05) is 48.5 Å². The first-order valence-electron chi connectivity index (χ1n) is 16.5. The maximum Gasteiger partial charge on any atom is 0.267 e. The molecule has 2 aromatic carbocycles. The normalized spacial score (nSPS) is 21.0. The van der Waals surface area contributed by atoms with Crippen molar-refractivity contribution >= 4 is 11.8 Å². The van der Waals surface area contributed by atoms with E-state index in [4.69, 9.17) is 9.47 Å². The molecule has 2 fully saturated rings. The largest absolute Gasteiger partial charge is 0.381 e. The fourth-order valence-corrected chi connectivity index (χ4v) is 6.53. The van der Waals surface area contributed by atoms with E-state index in [9.17, 15) is 27.2 Å². The van der Waals surface area contributed by atoms with E-state index in [0.717, 1.165) is 22.3 Å². The number of H-pyrrole nitrogens is 2. The molecule has 50 heavy (non-hydrogen) atoms. The topological polar surface area (TPSA) is 116 Å². The minimum atomic E-state index is -3.02. The lowest BCUT2D eigenvalue weighted by atomic mass is 10.0. The predicted molar refractivity (Wildman–Crippen MR) is 177 cm³/mol. The number of halogens is 4. The number of rotatable bonds is 11. The number of aromatic nitrogens is 4. The number of hydrogen-bond donors (Lipinski definition) is 2. The maximum atomic E-state index is 14.4. The Morgan fingerprint density at radius 2 is 1.04 bits per heavy atom. The zero-order chi connectivity index (χ0) is 35.8. The molecule has 2 aliphatic rings. The van der Waals surface area contributed by atoms with Crippen molar-refractivity contribution in [3.63, 3.8) is 0 Å². The summed E-state index contributed by atoms with van der Waals surface area (Å²) in [6.45, 7) is 2.11. The van der Waals surface area contributed by atoms with Crippen LogP contribution in [0.5, 0.6) is 0 Å². The molecule has 6 rings (SSSR count). The molecule has 0 saturated carbocycles. The van der Waals surface area contributed by atoms with Crippen LogP contribution in [0.25, 0.3) is 33.6 Å². The fourth-order valence-electron chi connectivity index (χ4n) is 6.53. The molecule has 0 bridgehead atoms. The van der Waals surface area contributed by atoms with Crippen LogP contribution in [0.1, 0.15) is 63.3 Å². The van der Waals surface area contributed by atoms with Crippen LogP contribution in [0.4, 0.5) is 17.6 Å². The van der Waals surface area contributed by atoms with Crippen LogP contribution in [-0.4, -0.2) is 92.9 Å². The summed E-state index contributed by atoms with van der Waals surface area (Å²) in [7, 11) is 2.95. The molecular weight excluding hydrogens is 656 g/mol. The summed E-state index contributed by atoms with van der Waals surface area (Å²) in [6.07, 6.45) is 1.36. The first kappa shape index (κ1) is 35.3. The highest BCUT2D eigenvalue weighted by molar-refractivity contribution is 5.78. The third-order valence-corrected chi connectivity index (χ3v) is 9.46. The van der Waals surface area contributed by atoms with Crippen molar-refractivity contribution < 1.29 is 36.6 Å². The molecule has 14 heteroatoms. The number of ether oxygens (including phenoxy) is 2. The molecule has 10 nitrogen and oxygen atoms in total. The highest BCUT2D eigenvalue weighted by atomic mass is 19.3. The molecule has 4 heterocycles. The number of imidazole rings is 2. The minimum absolute atomic E-state index is 0.0000169. The van der Waals surface area contributed by atoms with Gasteiger partial charge in [-0.05, 0) is 36.1 Å². The molecule has 4 atom stereocenters. The lowest BCUT2D eigenvalue weighted by molar-refractivity contribution is -0.136. The number of carbonyl (C=O) groups excluding carboxylic acids is 2. The monoisotopic (exact) mass is 696 g/mol. The van der Waals surface area contributed by atoms with E-state index in [1.807, 2.05) is 48.5 Å². The Hall–Kier alpha value is -4.56. The van der Waals surface area contributed by atoms with Crippen LogP contribution < -0.4 is 0 Å². The summed E-state index contributed by atoms with van der Waals surface area (Å²) >= 11 is 0. The van der Waals surface area contributed by atoms with Gasteiger partial charge in [-0.25, -0.2) is 27.5 Å². The lowest BCUT2D eigenvalue weighted by Gasteiger charge is -2.23. The van der Waals surface area contributed by atoms with E-state index in [2.05, 4.69) is 19.9 Å². The van der Waals surface area contributed by atoms with Gasteiger partial charge in [0.2, 0.25) is 11.8 Å². The van der Waals surface area contributed by atoms with Crippen molar-refractivity contribution in [1.82, 2.24) is 29.7 Å². The predicted octanol–water partition coefficient (Wildman–Crippen LogP) is 6.80. The van der Waals surface area contributed by atoms with E-state index in [1.165, 1.54) is 24.0 Å². The minimum Gasteiger partial charge on any atom is -0.381 e. The SMILES string of the molecule is CO[C@H](C)CC(=O)N1CC(F)(F)C[C@H]1c1ncc(-c2ccc(-c3ccc(-c4cnc([C@@H]5CC(F)(F)CN5C(=O)C[C@@H](C)OC)[nH]4)cc3)cc2)[nH]1. The van der Waals surface area contributed by atoms with Gasteiger partial charge in [0, 0.05) is 27.1 Å². The van der Waals surface area contributed by atoms with E-state index < -0.39 is 73.9 Å². The number of nitrogens with one attached hydrogen (secondary N) is 2. The van der Waals surface area contributed by atoms with Gasteiger partial charge in [0.1, 0.15) is 11.6 Å². The maximum absolute atomic E-state index is 14.4. The second-order valence-corrected chi connectivity index (χ2v) is 13.2.